The highest BCUT2D eigenvalue weighted by Gasteiger charge is 2.66. The Hall–Kier alpha value is -1.42. The Morgan fingerprint density at radius 1 is 1.25 bits per heavy atom. The molecule has 1 aliphatic heterocycles. The summed E-state index contributed by atoms with van der Waals surface area (Å²) in [6.07, 6.45) is 9.93. The Kier molecular flexibility index (Phi) is 2.85. The van der Waals surface area contributed by atoms with Crippen LogP contribution in [0.4, 0.5) is 0 Å². The second kappa shape index (κ2) is 4.60. The topological polar surface area (TPSA) is 66.4 Å². The lowest BCUT2D eigenvalue weighted by Gasteiger charge is -2.58. The fourth-order valence-corrected chi connectivity index (χ4v) is 7.21. The van der Waals surface area contributed by atoms with Crippen molar-refractivity contribution in [1.29, 1.82) is 0 Å². The first-order valence-corrected chi connectivity index (χ1v) is 9.36. The van der Waals surface area contributed by atoms with Gasteiger partial charge in [-0.2, -0.15) is 0 Å². The molecule has 7 unspecified atom stereocenters. The van der Waals surface area contributed by atoms with Gasteiger partial charge in [0.1, 0.15) is 0 Å². The van der Waals surface area contributed by atoms with Crippen LogP contribution in [0.2, 0.25) is 0 Å². The third-order valence-corrected chi connectivity index (χ3v) is 8.13. The lowest BCUT2D eigenvalue weighted by molar-refractivity contribution is -0.130. The molecule has 1 heterocycles. The van der Waals surface area contributed by atoms with Gasteiger partial charge in [0.05, 0.1) is 6.10 Å². The molecule has 1 saturated heterocycles. The highest BCUT2D eigenvalue weighted by atomic mass is 16.3. The van der Waals surface area contributed by atoms with E-state index in [0.717, 1.165) is 38.6 Å². The summed E-state index contributed by atoms with van der Waals surface area (Å²) in [5, 5.41) is 14.2. The number of amides is 1. The van der Waals surface area contributed by atoms with Gasteiger partial charge < -0.3 is 10.4 Å². The van der Waals surface area contributed by atoms with Gasteiger partial charge >= 0.3 is 0 Å². The van der Waals surface area contributed by atoms with Crippen LogP contribution >= 0.6 is 0 Å². The Balaban J connectivity index is 1.57. The average molecular weight is 327 g/mol. The molecule has 0 bridgehead atoms. The molecule has 7 atom stereocenters. The number of allylic oxidation sites excluding steroid dienone is 4. The number of aliphatic hydroxyl groups is 1. The number of fused-ring (bicyclic) bond motifs is 4. The van der Waals surface area contributed by atoms with E-state index in [1.165, 1.54) is 5.57 Å². The smallest absolute Gasteiger partial charge is 0.223 e. The number of carbonyl (C=O) groups is 2. The van der Waals surface area contributed by atoms with Crippen LogP contribution in [0.15, 0.2) is 23.8 Å². The second-order valence-electron chi connectivity index (χ2n) is 8.88. The van der Waals surface area contributed by atoms with Gasteiger partial charge in [0.25, 0.3) is 0 Å². The average Bonchev–Trinajstić information content (AvgIpc) is 3.05. The van der Waals surface area contributed by atoms with Crippen LogP contribution in [0.3, 0.4) is 0 Å². The maximum atomic E-state index is 12.2. The first kappa shape index (κ1) is 14.9. The summed E-state index contributed by atoms with van der Waals surface area (Å²) < 4.78 is 0. The first-order valence-electron chi connectivity index (χ1n) is 9.36. The summed E-state index contributed by atoms with van der Waals surface area (Å²) in [5.74, 6) is 1.53. The van der Waals surface area contributed by atoms with Gasteiger partial charge in [0.2, 0.25) is 5.91 Å². The van der Waals surface area contributed by atoms with E-state index in [-0.39, 0.29) is 34.4 Å². The molecule has 1 amide bonds. The van der Waals surface area contributed by atoms with E-state index in [1.807, 2.05) is 6.08 Å². The molecule has 3 saturated carbocycles. The number of aliphatic hydroxyl groups excluding tert-OH is 1. The summed E-state index contributed by atoms with van der Waals surface area (Å²) in [6.45, 7) is 2.94. The molecule has 4 heteroatoms. The molecule has 5 aliphatic rings. The minimum absolute atomic E-state index is 0.0244. The Bertz CT molecular complexity index is 695. The van der Waals surface area contributed by atoms with E-state index < -0.39 is 6.10 Å². The van der Waals surface area contributed by atoms with Gasteiger partial charge in [-0.1, -0.05) is 18.6 Å². The van der Waals surface area contributed by atoms with Gasteiger partial charge in [-0.15, -0.1) is 0 Å². The van der Waals surface area contributed by atoms with Crippen molar-refractivity contribution >= 4 is 11.7 Å². The third kappa shape index (κ3) is 1.63. The number of hydrogen-bond donors (Lipinski definition) is 2. The molecular formula is C20H25NO3. The van der Waals surface area contributed by atoms with Gasteiger partial charge in [0, 0.05) is 29.2 Å². The van der Waals surface area contributed by atoms with Crippen LogP contribution in [-0.2, 0) is 9.59 Å². The van der Waals surface area contributed by atoms with Crippen molar-refractivity contribution in [2.24, 2.45) is 34.5 Å². The van der Waals surface area contributed by atoms with Crippen LogP contribution in [0.5, 0.6) is 0 Å². The van der Waals surface area contributed by atoms with E-state index in [4.69, 9.17) is 0 Å². The minimum Gasteiger partial charge on any atom is -0.393 e. The molecule has 128 valence electrons. The molecule has 1 spiro atoms. The van der Waals surface area contributed by atoms with Gasteiger partial charge in [-0.05, 0) is 56.1 Å². The van der Waals surface area contributed by atoms with Crippen LogP contribution in [0, 0.1) is 34.5 Å². The van der Waals surface area contributed by atoms with Crippen LogP contribution in [-0.4, -0.2) is 29.4 Å². The highest BCUT2D eigenvalue weighted by molar-refractivity contribution is 6.01. The molecule has 5 rings (SSSR count). The summed E-state index contributed by atoms with van der Waals surface area (Å²) in [5.41, 5.74) is 0.969. The van der Waals surface area contributed by atoms with E-state index in [0.29, 0.717) is 11.8 Å². The first-order chi connectivity index (χ1) is 11.5. The number of nitrogens with one attached hydrogen (secondary N) is 1. The van der Waals surface area contributed by atoms with Crippen LogP contribution < -0.4 is 5.32 Å². The van der Waals surface area contributed by atoms with Crippen LogP contribution in [0.25, 0.3) is 0 Å². The summed E-state index contributed by atoms with van der Waals surface area (Å²) >= 11 is 0. The van der Waals surface area contributed by atoms with Crippen molar-refractivity contribution in [3.63, 3.8) is 0 Å². The maximum Gasteiger partial charge on any atom is 0.223 e. The minimum atomic E-state index is -0.397. The van der Waals surface area contributed by atoms with Crippen molar-refractivity contribution in [1.82, 2.24) is 5.32 Å². The molecule has 4 fully saturated rings. The third-order valence-electron chi connectivity index (χ3n) is 8.13. The number of hydrogen-bond acceptors (Lipinski definition) is 3. The zero-order valence-electron chi connectivity index (χ0n) is 14.1. The van der Waals surface area contributed by atoms with E-state index in [9.17, 15) is 14.7 Å². The van der Waals surface area contributed by atoms with E-state index >= 15 is 0 Å². The Morgan fingerprint density at radius 3 is 2.92 bits per heavy atom. The fourth-order valence-electron chi connectivity index (χ4n) is 7.21. The van der Waals surface area contributed by atoms with Gasteiger partial charge in [-0.3, -0.25) is 9.59 Å². The Morgan fingerprint density at radius 2 is 2.08 bits per heavy atom. The van der Waals surface area contributed by atoms with Crippen molar-refractivity contribution in [2.75, 3.05) is 6.54 Å². The molecule has 4 aliphatic carbocycles. The molecule has 0 aromatic heterocycles. The molecule has 24 heavy (non-hydrogen) atoms. The summed E-state index contributed by atoms with van der Waals surface area (Å²) in [7, 11) is 0. The van der Waals surface area contributed by atoms with Crippen molar-refractivity contribution in [3.8, 4) is 0 Å². The normalized spacial score (nSPS) is 52.1. The second-order valence-corrected chi connectivity index (χ2v) is 8.88. The largest absolute Gasteiger partial charge is 0.393 e. The van der Waals surface area contributed by atoms with Crippen molar-refractivity contribution in [2.45, 2.75) is 45.1 Å². The molecule has 0 radical (unpaired) electrons. The highest BCUT2D eigenvalue weighted by Crippen LogP contribution is 2.66. The number of ketones is 1. The fraction of sp³-hybridized carbons (Fsp3) is 0.700. The molecular weight excluding hydrogens is 302 g/mol. The lowest BCUT2D eigenvalue weighted by Crippen LogP contribution is -2.57. The SMILES string of the molecule is CC12C=CC(=O)C=C1CCC1C2C(O)CC23CNC(=O)C2CCC13. The number of rotatable bonds is 0. The molecule has 4 nitrogen and oxygen atoms in total. The number of carbonyl (C=O) groups excluding carboxylic acids is 2. The van der Waals surface area contributed by atoms with E-state index in [2.05, 4.69) is 12.2 Å². The van der Waals surface area contributed by atoms with Crippen molar-refractivity contribution < 1.29 is 14.7 Å². The Labute approximate surface area is 142 Å². The zero-order valence-corrected chi connectivity index (χ0v) is 14.1. The maximum absolute atomic E-state index is 12.2. The lowest BCUT2D eigenvalue weighted by atomic mass is 9.47. The predicted octanol–water partition coefficient (Wildman–Crippen LogP) is 1.99. The van der Waals surface area contributed by atoms with Gasteiger partial charge in [-0.25, -0.2) is 0 Å². The van der Waals surface area contributed by atoms with Crippen molar-refractivity contribution in [3.05, 3.63) is 23.8 Å². The summed E-state index contributed by atoms with van der Waals surface area (Å²) in [4.78, 5) is 24.0. The van der Waals surface area contributed by atoms with Crippen LogP contribution in [0.1, 0.15) is 39.0 Å². The zero-order chi connectivity index (χ0) is 16.7. The quantitative estimate of drug-likeness (QED) is 0.715. The van der Waals surface area contributed by atoms with E-state index in [1.54, 1.807) is 12.2 Å². The van der Waals surface area contributed by atoms with Gasteiger partial charge in [0.15, 0.2) is 5.78 Å². The predicted molar refractivity (Wildman–Crippen MR) is 88.8 cm³/mol. The molecule has 0 aromatic rings. The molecule has 2 N–H and O–H groups in total. The monoisotopic (exact) mass is 327 g/mol. The standard InChI is InChI=1S/C20H25NO3/c1-19-7-6-12(22)8-11(19)2-3-13-14-4-5-15-18(24)21-10-20(14,15)9-16(23)17(13)19/h6-8,13-17,23H,2-5,9-10H2,1H3,(H,21,24). The summed E-state index contributed by atoms with van der Waals surface area (Å²) in [6, 6.07) is 0. The molecule has 0 aromatic carbocycles.